The van der Waals surface area contributed by atoms with Crippen molar-refractivity contribution in [2.24, 2.45) is 17.6 Å². The Labute approximate surface area is 112 Å². The third kappa shape index (κ3) is 3.93. The normalized spacial score (nSPS) is 27.6. The summed E-state index contributed by atoms with van der Waals surface area (Å²) in [5.41, 5.74) is 5.61. The first-order valence-electron chi connectivity index (χ1n) is 6.86. The third-order valence-electron chi connectivity index (χ3n) is 3.59. The Kier molecular flexibility index (Phi) is 5.21. The molecule has 1 rings (SSSR count). The van der Waals surface area contributed by atoms with Gasteiger partial charge in [-0.05, 0) is 18.3 Å². The van der Waals surface area contributed by atoms with Crippen LogP contribution in [0.5, 0.6) is 0 Å². The summed E-state index contributed by atoms with van der Waals surface area (Å²) in [7, 11) is -2.90. The van der Waals surface area contributed by atoms with Gasteiger partial charge in [-0.1, -0.05) is 27.7 Å². The third-order valence-corrected chi connectivity index (χ3v) is 5.39. The summed E-state index contributed by atoms with van der Waals surface area (Å²) in [5, 5.41) is 0. The molecule has 108 valence electrons. The van der Waals surface area contributed by atoms with Crippen molar-refractivity contribution in [3.8, 4) is 0 Å². The molecule has 18 heavy (non-hydrogen) atoms. The van der Waals surface area contributed by atoms with Gasteiger partial charge in [0.2, 0.25) is 0 Å². The van der Waals surface area contributed by atoms with Crippen LogP contribution in [0.4, 0.5) is 0 Å². The highest BCUT2D eigenvalue weighted by molar-refractivity contribution is 7.91. The Balaban J connectivity index is 2.93. The first-order chi connectivity index (χ1) is 8.21. The number of sulfone groups is 1. The molecule has 0 amide bonds. The van der Waals surface area contributed by atoms with E-state index in [0.29, 0.717) is 24.8 Å². The monoisotopic (exact) mass is 276 g/mol. The summed E-state index contributed by atoms with van der Waals surface area (Å²) in [4.78, 5) is 2.33. The topological polar surface area (TPSA) is 63.4 Å². The Bertz CT molecular complexity index is 355. The van der Waals surface area contributed by atoms with E-state index in [1.165, 1.54) is 0 Å². The van der Waals surface area contributed by atoms with E-state index >= 15 is 0 Å². The Morgan fingerprint density at radius 1 is 1.17 bits per heavy atom. The van der Waals surface area contributed by atoms with Gasteiger partial charge in [-0.25, -0.2) is 8.42 Å². The van der Waals surface area contributed by atoms with Crippen molar-refractivity contribution >= 4 is 9.84 Å². The molecule has 1 atom stereocenters. The SMILES string of the molecule is CC(C)CN(CC(C)C)C1(CN)CCS(=O)(=O)C1. The average Bonchev–Trinajstić information content (AvgIpc) is 2.53. The molecule has 0 aromatic rings. The average molecular weight is 276 g/mol. The first-order valence-corrected chi connectivity index (χ1v) is 8.68. The predicted molar refractivity (Wildman–Crippen MR) is 76.3 cm³/mol. The van der Waals surface area contributed by atoms with E-state index in [9.17, 15) is 8.42 Å². The zero-order valence-electron chi connectivity index (χ0n) is 12.1. The molecule has 0 aliphatic carbocycles. The number of nitrogens with two attached hydrogens (primary N) is 1. The maximum absolute atomic E-state index is 11.8. The lowest BCUT2D eigenvalue weighted by Crippen LogP contribution is -2.57. The van der Waals surface area contributed by atoms with Crippen molar-refractivity contribution in [2.45, 2.75) is 39.7 Å². The molecule has 1 fully saturated rings. The van der Waals surface area contributed by atoms with Crippen molar-refractivity contribution < 1.29 is 8.42 Å². The zero-order chi connectivity index (χ0) is 14.0. The lowest BCUT2D eigenvalue weighted by molar-refractivity contribution is 0.0872. The molecule has 5 heteroatoms. The fourth-order valence-electron chi connectivity index (χ4n) is 2.78. The first kappa shape index (κ1) is 15.9. The lowest BCUT2D eigenvalue weighted by atomic mass is 9.94. The van der Waals surface area contributed by atoms with E-state index in [0.717, 1.165) is 13.1 Å². The number of nitrogens with zero attached hydrogens (tertiary/aromatic N) is 1. The molecule has 0 spiro atoms. The molecular weight excluding hydrogens is 248 g/mol. The van der Waals surface area contributed by atoms with E-state index < -0.39 is 9.84 Å². The van der Waals surface area contributed by atoms with Crippen LogP contribution in [0, 0.1) is 11.8 Å². The standard InChI is InChI=1S/C13H28N2O2S/c1-11(2)7-15(8-12(3)4)13(9-14)5-6-18(16,17)10-13/h11-12H,5-10,14H2,1-4H3. The van der Waals surface area contributed by atoms with E-state index in [4.69, 9.17) is 5.73 Å². The smallest absolute Gasteiger partial charge is 0.152 e. The van der Waals surface area contributed by atoms with Crippen LogP contribution in [0.1, 0.15) is 34.1 Å². The number of rotatable bonds is 6. The van der Waals surface area contributed by atoms with Gasteiger partial charge in [-0.15, -0.1) is 0 Å². The zero-order valence-corrected chi connectivity index (χ0v) is 13.0. The summed E-state index contributed by atoms with van der Waals surface area (Å²) < 4.78 is 23.6. The summed E-state index contributed by atoms with van der Waals surface area (Å²) >= 11 is 0. The van der Waals surface area contributed by atoms with Gasteiger partial charge in [0.15, 0.2) is 9.84 Å². The highest BCUT2D eigenvalue weighted by Gasteiger charge is 2.45. The Morgan fingerprint density at radius 2 is 1.67 bits per heavy atom. The lowest BCUT2D eigenvalue weighted by Gasteiger charge is -2.41. The minimum Gasteiger partial charge on any atom is -0.329 e. The van der Waals surface area contributed by atoms with E-state index in [1.807, 2.05) is 0 Å². The molecule has 0 saturated carbocycles. The number of hydrogen-bond donors (Lipinski definition) is 1. The molecule has 0 radical (unpaired) electrons. The van der Waals surface area contributed by atoms with E-state index in [1.54, 1.807) is 0 Å². The van der Waals surface area contributed by atoms with E-state index in [2.05, 4.69) is 32.6 Å². The Hall–Kier alpha value is -0.130. The van der Waals surface area contributed by atoms with Crippen molar-refractivity contribution in [1.82, 2.24) is 4.90 Å². The van der Waals surface area contributed by atoms with Gasteiger partial charge < -0.3 is 5.73 Å². The molecule has 0 aromatic heterocycles. The van der Waals surface area contributed by atoms with Crippen LogP contribution >= 0.6 is 0 Å². The van der Waals surface area contributed by atoms with Crippen molar-refractivity contribution in [3.05, 3.63) is 0 Å². The minimum atomic E-state index is -2.90. The van der Waals surface area contributed by atoms with Crippen LogP contribution in [-0.4, -0.2) is 50.0 Å². The summed E-state index contributed by atoms with van der Waals surface area (Å²) in [6.45, 7) is 10.9. The van der Waals surface area contributed by atoms with Gasteiger partial charge >= 0.3 is 0 Å². The predicted octanol–water partition coefficient (Wildman–Crippen LogP) is 1.12. The molecule has 0 bridgehead atoms. The van der Waals surface area contributed by atoms with Gasteiger partial charge in [0.25, 0.3) is 0 Å². The van der Waals surface area contributed by atoms with Gasteiger partial charge in [0, 0.05) is 25.2 Å². The molecule has 1 heterocycles. The van der Waals surface area contributed by atoms with Crippen LogP contribution in [-0.2, 0) is 9.84 Å². The second-order valence-corrected chi connectivity index (χ2v) is 8.65. The second-order valence-electron chi connectivity index (χ2n) is 6.46. The summed E-state index contributed by atoms with van der Waals surface area (Å²) in [6.07, 6.45) is 0.686. The maximum Gasteiger partial charge on any atom is 0.152 e. The summed E-state index contributed by atoms with van der Waals surface area (Å²) in [5.74, 6) is 1.57. The largest absolute Gasteiger partial charge is 0.329 e. The molecule has 4 nitrogen and oxygen atoms in total. The number of hydrogen-bond acceptors (Lipinski definition) is 4. The molecule has 1 saturated heterocycles. The van der Waals surface area contributed by atoms with Crippen LogP contribution in [0.3, 0.4) is 0 Å². The molecule has 0 aromatic carbocycles. The van der Waals surface area contributed by atoms with Crippen molar-refractivity contribution in [3.63, 3.8) is 0 Å². The summed E-state index contributed by atoms with van der Waals surface area (Å²) in [6, 6.07) is 0. The maximum atomic E-state index is 11.8. The fraction of sp³-hybridized carbons (Fsp3) is 1.00. The molecule has 1 unspecified atom stereocenters. The van der Waals surface area contributed by atoms with Gasteiger partial charge in [-0.2, -0.15) is 0 Å². The van der Waals surface area contributed by atoms with Crippen molar-refractivity contribution in [1.29, 1.82) is 0 Å². The molecule has 2 N–H and O–H groups in total. The highest BCUT2D eigenvalue weighted by Crippen LogP contribution is 2.30. The van der Waals surface area contributed by atoms with Gasteiger partial charge in [-0.3, -0.25) is 4.90 Å². The molecule has 1 aliphatic rings. The van der Waals surface area contributed by atoms with Crippen LogP contribution in [0.2, 0.25) is 0 Å². The highest BCUT2D eigenvalue weighted by atomic mass is 32.2. The van der Waals surface area contributed by atoms with E-state index in [-0.39, 0.29) is 17.0 Å². The second kappa shape index (κ2) is 5.88. The van der Waals surface area contributed by atoms with Gasteiger partial charge in [0.1, 0.15) is 0 Å². The Morgan fingerprint density at radius 3 is 1.94 bits per heavy atom. The van der Waals surface area contributed by atoms with Crippen molar-refractivity contribution in [2.75, 3.05) is 31.1 Å². The minimum absolute atomic E-state index is 0.232. The molecule has 1 aliphatic heterocycles. The van der Waals surface area contributed by atoms with Crippen LogP contribution in [0.15, 0.2) is 0 Å². The quantitative estimate of drug-likeness (QED) is 0.789. The van der Waals surface area contributed by atoms with Gasteiger partial charge in [0.05, 0.1) is 11.5 Å². The molecular formula is C13H28N2O2S. The van der Waals surface area contributed by atoms with Crippen LogP contribution in [0.25, 0.3) is 0 Å². The fourth-order valence-corrected chi connectivity index (χ4v) is 4.88. The van der Waals surface area contributed by atoms with Crippen LogP contribution < -0.4 is 5.73 Å².